The number of nitro benzene ring substituents is 1. The molecule has 1 atom stereocenters. The molecule has 0 saturated carbocycles. The van der Waals surface area contributed by atoms with E-state index in [1.54, 1.807) is 6.92 Å². The van der Waals surface area contributed by atoms with Crippen LogP contribution < -0.4 is 10.1 Å². The second-order valence-electron chi connectivity index (χ2n) is 5.06. The Morgan fingerprint density at radius 1 is 1.57 bits per heavy atom. The number of nitrogens with zero attached hydrogens (tertiary/aromatic N) is 2. The van der Waals surface area contributed by atoms with Crippen LogP contribution in [0.1, 0.15) is 20.8 Å². The van der Waals surface area contributed by atoms with E-state index in [1.807, 2.05) is 13.8 Å². The van der Waals surface area contributed by atoms with Crippen LogP contribution >= 0.6 is 0 Å². The zero-order chi connectivity index (χ0) is 16.0. The number of benzene rings is 1. The minimum absolute atomic E-state index is 0.0655. The van der Waals surface area contributed by atoms with Gasteiger partial charge in [-0.2, -0.15) is 5.26 Å². The molecule has 1 rings (SSSR count). The molecule has 0 aromatic heterocycles. The monoisotopic (exact) mass is 291 g/mol. The summed E-state index contributed by atoms with van der Waals surface area (Å²) in [6.07, 6.45) is 0. The minimum atomic E-state index is -0.983. The first-order valence-corrected chi connectivity index (χ1v) is 6.38. The van der Waals surface area contributed by atoms with Gasteiger partial charge in [0.25, 0.3) is 11.6 Å². The van der Waals surface area contributed by atoms with Crippen molar-refractivity contribution in [3.05, 3.63) is 34.4 Å². The highest BCUT2D eigenvalue weighted by Crippen LogP contribution is 2.19. The topological polar surface area (TPSA) is 105 Å². The number of nitriles is 1. The number of nitrogens with one attached hydrogen (secondary N) is 1. The molecule has 0 aliphatic heterocycles. The van der Waals surface area contributed by atoms with Gasteiger partial charge in [0.05, 0.1) is 17.1 Å². The second-order valence-corrected chi connectivity index (χ2v) is 5.06. The van der Waals surface area contributed by atoms with E-state index in [4.69, 9.17) is 10.00 Å². The molecular weight excluding hydrogens is 274 g/mol. The standard InChI is InChI=1S/C14H17N3O4/c1-10(2)14(3,9-15)16-13(18)8-21-12-6-4-5-11(7-12)17(19)20/h4-7,10H,8H2,1-3H3,(H,16,18). The molecule has 7 heteroatoms. The van der Waals surface area contributed by atoms with Gasteiger partial charge in [0.1, 0.15) is 11.3 Å². The zero-order valence-electron chi connectivity index (χ0n) is 12.1. The molecule has 0 fully saturated rings. The number of hydrogen-bond acceptors (Lipinski definition) is 5. The fraction of sp³-hybridized carbons (Fsp3) is 0.429. The largest absolute Gasteiger partial charge is 0.484 e. The minimum Gasteiger partial charge on any atom is -0.484 e. The first-order valence-electron chi connectivity index (χ1n) is 6.38. The summed E-state index contributed by atoms with van der Waals surface area (Å²) in [6, 6.07) is 7.61. The summed E-state index contributed by atoms with van der Waals surface area (Å²) in [7, 11) is 0. The van der Waals surface area contributed by atoms with Crippen molar-refractivity contribution >= 4 is 11.6 Å². The average molecular weight is 291 g/mol. The van der Waals surface area contributed by atoms with E-state index in [2.05, 4.69) is 11.4 Å². The fourth-order valence-corrected chi connectivity index (χ4v) is 1.46. The fourth-order valence-electron chi connectivity index (χ4n) is 1.46. The van der Waals surface area contributed by atoms with Crippen molar-refractivity contribution in [3.8, 4) is 11.8 Å². The molecule has 0 spiro atoms. The van der Waals surface area contributed by atoms with Crippen LogP contribution in [0.2, 0.25) is 0 Å². The van der Waals surface area contributed by atoms with Gasteiger partial charge in [-0.05, 0) is 18.9 Å². The third kappa shape index (κ3) is 4.45. The molecule has 112 valence electrons. The van der Waals surface area contributed by atoms with Crippen molar-refractivity contribution in [1.82, 2.24) is 5.32 Å². The van der Waals surface area contributed by atoms with E-state index in [9.17, 15) is 14.9 Å². The van der Waals surface area contributed by atoms with Gasteiger partial charge in [-0.1, -0.05) is 19.9 Å². The number of amides is 1. The molecule has 1 aromatic carbocycles. The van der Waals surface area contributed by atoms with Gasteiger partial charge in [-0.25, -0.2) is 0 Å². The molecular formula is C14H17N3O4. The van der Waals surface area contributed by atoms with Crippen LogP contribution in [0.3, 0.4) is 0 Å². The van der Waals surface area contributed by atoms with E-state index in [1.165, 1.54) is 24.3 Å². The Labute approximate surface area is 122 Å². The second kappa shape index (κ2) is 6.70. The summed E-state index contributed by atoms with van der Waals surface area (Å²) in [5.41, 5.74) is -1.10. The van der Waals surface area contributed by atoms with E-state index >= 15 is 0 Å². The van der Waals surface area contributed by atoms with Gasteiger partial charge in [0, 0.05) is 6.07 Å². The van der Waals surface area contributed by atoms with E-state index in [0.29, 0.717) is 0 Å². The predicted molar refractivity (Wildman–Crippen MR) is 75.6 cm³/mol. The van der Waals surface area contributed by atoms with Crippen molar-refractivity contribution < 1.29 is 14.5 Å². The lowest BCUT2D eigenvalue weighted by Gasteiger charge is -2.27. The predicted octanol–water partition coefficient (Wildman–Crippen LogP) is 2.03. The van der Waals surface area contributed by atoms with Crippen LogP contribution in [-0.4, -0.2) is 23.0 Å². The quantitative estimate of drug-likeness (QED) is 0.637. The third-order valence-electron chi connectivity index (χ3n) is 3.18. The number of ether oxygens (including phenoxy) is 1. The van der Waals surface area contributed by atoms with Crippen molar-refractivity contribution in [2.24, 2.45) is 5.92 Å². The number of carbonyl (C=O) groups excluding carboxylic acids is 1. The summed E-state index contributed by atoms with van der Waals surface area (Å²) in [5, 5.41) is 22.3. The molecule has 0 aliphatic rings. The number of carbonyl (C=O) groups is 1. The molecule has 0 bridgehead atoms. The van der Waals surface area contributed by atoms with E-state index in [-0.39, 0.29) is 24.0 Å². The molecule has 0 aliphatic carbocycles. The lowest BCUT2D eigenvalue weighted by atomic mass is 9.90. The summed E-state index contributed by atoms with van der Waals surface area (Å²) in [5.74, 6) is -0.300. The normalized spacial score (nSPS) is 13.1. The summed E-state index contributed by atoms with van der Waals surface area (Å²) < 4.78 is 5.20. The Morgan fingerprint density at radius 2 is 2.24 bits per heavy atom. The molecule has 21 heavy (non-hydrogen) atoms. The zero-order valence-corrected chi connectivity index (χ0v) is 12.1. The molecule has 1 N–H and O–H groups in total. The van der Waals surface area contributed by atoms with E-state index < -0.39 is 16.4 Å². The van der Waals surface area contributed by atoms with Crippen LogP contribution in [-0.2, 0) is 4.79 Å². The molecule has 1 aromatic rings. The van der Waals surface area contributed by atoms with Crippen LogP contribution in [0.5, 0.6) is 5.75 Å². The van der Waals surface area contributed by atoms with Crippen LogP contribution in [0, 0.1) is 27.4 Å². The smallest absolute Gasteiger partial charge is 0.273 e. The van der Waals surface area contributed by atoms with Crippen LogP contribution in [0.4, 0.5) is 5.69 Å². The van der Waals surface area contributed by atoms with Crippen molar-refractivity contribution in [3.63, 3.8) is 0 Å². The molecule has 0 saturated heterocycles. The first kappa shape index (κ1) is 16.4. The third-order valence-corrected chi connectivity index (χ3v) is 3.18. The molecule has 1 amide bonds. The van der Waals surface area contributed by atoms with Crippen molar-refractivity contribution in [1.29, 1.82) is 5.26 Å². The molecule has 0 heterocycles. The average Bonchev–Trinajstić information content (AvgIpc) is 2.45. The van der Waals surface area contributed by atoms with Crippen molar-refractivity contribution in [2.45, 2.75) is 26.3 Å². The Bertz CT molecular complexity index is 580. The van der Waals surface area contributed by atoms with Gasteiger partial charge in [-0.3, -0.25) is 14.9 Å². The van der Waals surface area contributed by atoms with Crippen LogP contribution in [0.15, 0.2) is 24.3 Å². The Balaban J connectivity index is 2.64. The van der Waals surface area contributed by atoms with Gasteiger partial charge in [0.2, 0.25) is 0 Å². The highest BCUT2D eigenvalue weighted by atomic mass is 16.6. The number of hydrogen-bond donors (Lipinski definition) is 1. The maximum absolute atomic E-state index is 11.8. The van der Waals surface area contributed by atoms with Gasteiger partial charge in [0.15, 0.2) is 6.61 Å². The summed E-state index contributed by atoms with van der Waals surface area (Å²) in [6.45, 7) is 4.96. The van der Waals surface area contributed by atoms with Crippen LogP contribution in [0.25, 0.3) is 0 Å². The Hall–Kier alpha value is -2.62. The highest BCUT2D eigenvalue weighted by Gasteiger charge is 2.30. The van der Waals surface area contributed by atoms with Gasteiger partial charge < -0.3 is 10.1 Å². The number of rotatable bonds is 6. The SMILES string of the molecule is CC(C)C(C)(C#N)NC(=O)COc1cccc([N+](=O)[O-])c1. The van der Waals surface area contributed by atoms with Gasteiger partial charge in [-0.15, -0.1) is 0 Å². The maximum atomic E-state index is 11.8. The summed E-state index contributed by atoms with van der Waals surface area (Å²) >= 11 is 0. The lowest BCUT2D eigenvalue weighted by molar-refractivity contribution is -0.384. The summed E-state index contributed by atoms with van der Waals surface area (Å²) in [4.78, 5) is 21.9. The number of non-ortho nitro benzene ring substituents is 1. The Kier molecular flexibility index (Phi) is 5.24. The van der Waals surface area contributed by atoms with Gasteiger partial charge >= 0.3 is 0 Å². The lowest BCUT2D eigenvalue weighted by Crippen LogP contribution is -2.50. The maximum Gasteiger partial charge on any atom is 0.273 e. The number of nitro groups is 1. The first-order chi connectivity index (χ1) is 9.78. The molecule has 0 radical (unpaired) electrons. The molecule has 1 unspecified atom stereocenters. The van der Waals surface area contributed by atoms with Crippen molar-refractivity contribution in [2.75, 3.05) is 6.61 Å². The Morgan fingerprint density at radius 3 is 2.76 bits per heavy atom. The molecule has 7 nitrogen and oxygen atoms in total. The highest BCUT2D eigenvalue weighted by molar-refractivity contribution is 5.78. The van der Waals surface area contributed by atoms with E-state index in [0.717, 1.165) is 0 Å².